The first kappa shape index (κ1) is 14.2. The third-order valence-electron chi connectivity index (χ3n) is 3.72. The van der Waals surface area contributed by atoms with Gasteiger partial charge in [-0.3, -0.25) is 4.90 Å². The van der Waals surface area contributed by atoms with E-state index in [-0.39, 0.29) is 6.03 Å². The Labute approximate surface area is 128 Å². The number of benzene rings is 1. The zero-order valence-corrected chi connectivity index (χ0v) is 12.7. The maximum Gasteiger partial charge on any atom is 0.321 e. The summed E-state index contributed by atoms with van der Waals surface area (Å²) in [5.74, 6) is 0.829. The number of aromatic amines is 1. The SMILES string of the molecule is CNC(=O)N(C)c1ccc2c(c1)N(Cc1c[nH]cn1)CCO2. The van der Waals surface area contributed by atoms with Gasteiger partial charge in [0.1, 0.15) is 12.4 Å². The van der Waals surface area contributed by atoms with Crippen molar-refractivity contribution in [1.29, 1.82) is 0 Å². The van der Waals surface area contributed by atoms with Crippen LogP contribution in [0.2, 0.25) is 0 Å². The number of hydrogen-bond donors (Lipinski definition) is 2. The van der Waals surface area contributed by atoms with Gasteiger partial charge in [0.05, 0.1) is 30.8 Å². The Morgan fingerprint density at radius 2 is 2.41 bits per heavy atom. The lowest BCUT2D eigenvalue weighted by molar-refractivity contribution is 0.249. The average molecular weight is 301 g/mol. The van der Waals surface area contributed by atoms with Gasteiger partial charge in [-0.15, -0.1) is 0 Å². The smallest absolute Gasteiger partial charge is 0.321 e. The van der Waals surface area contributed by atoms with E-state index in [1.165, 1.54) is 0 Å². The molecular weight excluding hydrogens is 282 g/mol. The van der Waals surface area contributed by atoms with Crippen LogP contribution in [0.25, 0.3) is 0 Å². The van der Waals surface area contributed by atoms with E-state index in [4.69, 9.17) is 4.74 Å². The number of urea groups is 1. The van der Waals surface area contributed by atoms with Crippen molar-refractivity contribution in [1.82, 2.24) is 15.3 Å². The van der Waals surface area contributed by atoms with E-state index in [1.54, 1.807) is 25.3 Å². The summed E-state index contributed by atoms with van der Waals surface area (Å²) in [6.07, 6.45) is 3.56. The highest BCUT2D eigenvalue weighted by atomic mass is 16.5. The van der Waals surface area contributed by atoms with Gasteiger partial charge in [0.25, 0.3) is 0 Å². The number of aromatic nitrogens is 2. The molecule has 0 fully saturated rings. The van der Waals surface area contributed by atoms with E-state index in [2.05, 4.69) is 20.2 Å². The van der Waals surface area contributed by atoms with Crippen LogP contribution >= 0.6 is 0 Å². The monoisotopic (exact) mass is 301 g/mol. The van der Waals surface area contributed by atoms with Crippen molar-refractivity contribution in [2.75, 3.05) is 37.0 Å². The van der Waals surface area contributed by atoms with Gasteiger partial charge in [0.2, 0.25) is 0 Å². The van der Waals surface area contributed by atoms with Crippen LogP contribution in [0, 0.1) is 0 Å². The predicted octanol–water partition coefficient (Wildman–Crippen LogP) is 1.58. The van der Waals surface area contributed by atoms with Gasteiger partial charge in [0.15, 0.2) is 0 Å². The number of ether oxygens (including phenoxy) is 1. The molecule has 1 aliphatic rings. The fourth-order valence-electron chi connectivity index (χ4n) is 2.49. The summed E-state index contributed by atoms with van der Waals surface area (Å²) in [4.78, 5) is 22.8. The largest absolute Gasteiger partial charge is 0.490 e. The predicted molar refractivity (Wildman–Crippen MR) is 84.4 cm³/mol. The first-order valence-corrected chi connectivity index (χ1v) is 7.14. The Balaban J connectivity index is 1.89. The molecule has 1 aromatic heterocycles. The van der Waals surface area contributed by atoms with E-state index in [0.29, 0.717) is 13.2 Å². The number of H-pyrrole nitrogens is 1. The molecule has 2 amide bonds. The van der Waals surface area contributed by atoms with Gasteiger partial charge in [0, 0.05) is 26.0 Å². The molecule has 116 valence electrons. The van der Waals surface area contributed by atoms with Crippen molar-refractivity contribution >= 4 is 17.4 Å². The molecule has 0 atom stereocenters. The first-order chi connectivity index (χ1) is 10.7. The van der Waals surface area contributed by atoms with Gasteiger partial charge in [-0.25, -0.2) is 9.78 Å². The Morgan fingerprint density at radius 1 is 1.55 bits per heavy atom. The summed E-state index contributed by atoms with van der Waals surface area (Å²) in [5, 5.41) is 2.62. The highest BCUT2D eigenvalue weighted by Gasteiger charge is 2.21. The minimum absolute atomic E-state index is 0.157. The van der Waals surface area contributed by atoms with Crippen LogP contribution in [0.5, 0.6) is 5.75 Å². The first-order valence-electron chi connectivity index (χ1n) is 7.14. The number of hydrogen-bond acceptors (Lipinski definition) is 4. The van der Waals surface area contributed by atoms with E-state index < -0.39 is 0 Å². The number of amides is 2. The molecule has 0 radical (unpaired) electrons. The molecule has 0 bridgehead atoms. The summed E-state index contributed by atoms with van der Waals surface area (Å²) in [6, 6.07) is 5.60. The summed E-state index contributed by atoms with van der Waals surface area (Å²) in [5.41, 5.74) is 2.76. The number of carbonyl (C=O) groups is 1. The molecule has 0 saturated carbocycles. The summed E-state index contributed by atoms with van der Waals surface area (Å²) in [6.45, 7) is 2.13. The molecule has 0 unspecified atom stereocenters. The van der Waals surface area contributed by atoms with Gasteiger partial charge in [-0.1, -0.05) is 0 Å². The van der Waals surface area contributed by atoms with Gasteiger partial charge in [-0.05, 0) is 18.2 Å². The molecule has 0 aliphatic carbocycles. The molecule has 0 spiro atoms. The molecular formula is C15H19N5O2. The molecule has 2 aromatic rings. The summed E-state index contributed by atoms with van der Waals surface area (Å²) < 4.78 is 5.71. The molecule has 1 aromatic carbocycles. The third-order valence-corrected chi connectivity index (χ3v) is 3.72. The van der Waals surface area contributed by atoms with Crippen LogP contribution in [0.4, 0.5) is 16.2 Å². The van der Waals surface area contributed by atoms with Gasteiger partial charge >= 0.3 is 6.03 Å². The fraction of sp³-hybridized carbons (Fsp3) is 0.333. The molecule has 1 aliphatic heterocycles. The van der Waals surface area contributed by atoms with Crippen molar-refractivity contribution < 1.29 is 9.53 Å². The topological polar surface area (TPSA) is 73.5 Å². The minimum atomic E-state index is -0.157. The van der Waals surface area contributed by atoms with E-state index in [1.807, 2.05) is 24.4 Å². The summed E-state index contributed by atoms with van der Waals surface area (Å²) >= 11 is 0. The Morgan fingerprint density at radius 3 is 3.14 bits per heavy atom. The zero-order valence-electron chi connectivity index (χ0n) is 12.7. The Hall–Kier alpha value is -2.70. The van der Waals surface area contributed by atoms with E-state index in [0.717, 1.165) is 29.4 Å². The Bertz CT molecular complexity index is 656. The van der Waals surface area contributed by atoms with Gasteiger partial charge in [-0.2, -0.15) is 0 Å². The molecule has 7 nitrogen and oxygen atoms in total. The number of nitrogens with zero attached hydrogens (tertiary/aromatic N) is 3. The maximum absolute atomic E-state index is 11.8. The molecule has 3 rings (SSSR count). The van der Waals surface area contributed by atoms with Crippen LogP contribution in [-0.2, 0) is 6.54 Å². The van der Waals surface area contributed by atoms with E-state index >= 15 is 0 Å². The lowest BCUT2D eigenvalue weighted by Gasteiger charge is -2.31. The van der Waals surface area contributed by atoms with E-state index in [9.17, 15) is 4.79 Å². The molecule has 2 heterocycles. The maximum atomic E-state index is 11.8. The van der Waals surface area contributed by atoms with Crippen molar-refractivity contribution in [3.63, 3.8) is 0 Å². The average Bonchev–Trinajstić information content (AvgIpc) is 3.06. The molecule has 2 N–H and O–H groups in total. The van der Waals surface area contributed by atoms with Gasteiger partial charge < -0.3 is 19.9 Å². The molecule has 22 heavy (non-hydrogen) atoms. The van der Waals surface area contributed by atoms with Crippen molar-refractivity contribution in [3.8, 4) is 5.75 Å². The van der Waals surface area contributed by atoms with Crippen molar-refractivity contribution in [2.45, 2.75) is 6.54 Å². The molecule has 0 saturated heterocycles. The second-order valence-electron chi connectivity index (χ2n) is 5.10. The number of imidazole rings is 1. The van der Waals surface area contributed by atoms with Crippen LogP contribution < -0.4 is 19.9 Å². The highest BCUT2D eigenvalue weighted by Crippen LogP contribution is 2.35. The highest BCUT2D eigenvalue weighted by molar-refractivity contribution is 5.92. The Kier molecular flexibility index (Phi) is 3.86. The normalized spacial score (nSPS) is 13.3. The van der Waals surface area contributed by atoms with Crippen LogP contribution in [0.3, 0.4) is 0 Å². The number of fused-ring (bicyclic) bond motifs is 1. The summed E-state index contributed by atoms with van der Waals surface area (Å²) in [7, 11) is 3.35. The van der Waals surface area contributed by atoms with Crippen LogP contribution in [-0.4, -0.2) is 43.2 Å². The number of nitrogens with one attached hydrogen (secondary N) is 2. The number of anilines is 2. The van der Waals surface area contributed by atoms with Crippen molar-refractivity contribution in [2.24, 2.45) is 0 Å². The zero-order chi connectivity index (χ0) is 15.5. The van der Waals surface area contributed by atoms with Crippen LogP contribution in [0.1, 0.15) is 5.69 Å². The molecule has 7 heteroatoms. The number of rotatable bonds is 3. The fourth-order valence-corrected chi connectivity index (χ4v) is 2.49. The minimum Gasteiger partial charge on any atom is -0.490 e. The van der Waals surface area contributed by atoms with Crippen LogP contribution in [0.15, 0.2) is 30.7 Å². The lowest BCUT2D eigenvalue weighted by atomic mass is 10.2. The standard InChI is InChI=1S/C15H19N5O2/c1-16-15(21)19(2)12-3-4-14-13(7-12)20(5-6-22-14)9-11-8-17-10-18-11/h3-4,7-8,10H,5-6,9H2,1-2H3,(H,16,21)(H,17,18). The second kappa shape index (κ2) is 5.97. The third kappa shape index (κ3) is 2.69. The quantitative estimate of drug-likeness (QED) is 0.903. The second-order valence-corrected chi connectivity index (χ2v) is 5.10. The lowest BCUT2D eigenvalue weighted by Crippen LogP contribution is -2.36. The van der Waals surface area contributed by atoms with Crippen molar-refractivity contribution in [3.05, 3.63) is 36.4 Å². The number of carbonyl (C=O) groups excluding carboxylic acids is 1.